The zero-order valence-electron chi connectivity index (χ0n) is 7.01. The van der Waals surface area contributed by atoms with E-state index in [2.05, 4.69) is 37.7 Å². The van der Waals surface area contributed by atoms with Crippen LogP contribution in [0.15, 0.2) is 16.1 Å². The highest BCUT2D eigenvalue weighted by atomic mass is 127. The number of guanidine groups is 1. The quantitative estimate of drug-likeness (QED) is 0.766. The van der Waals surface area contributed by atoms with Gasteiger partial charge in [-0.15, -0.1) is 24.0 Å². The lowest BCUT2D eigenvalue weighted by Crippen LogP contribution is -2.35. The summed E-state index contributed by atoms with van der Waals surface area (Å²) in [7, 11) is 2.02. The molecule has 12 heavy (non-hydrogen) atoms. The van der Waals surface area contributed by atoms with Crippen molar-refractivity contribution in [3.8, 4) is 0 Å². The van der Waals surface area contributed by atoms with Crippen molar-refractivity contribution in [2.24, 2.45) is 4.99 Å². The number of nitrogens with zero attached hydrogens (tertiary/aromatic N) is 2. The number of aliphatic imine (C=N–C) groups is 1. The Morgan fingerprint density at radius 3 is 2.92 bits per heavy atom. The molecular formula is C7H13BrIN3. The van der Waals surface area contributed by atoms with E-state index in [1.54, 1.807) is 0 Å². The second-order valence-electron chi connectivity index (χ2n) is 2.50. The SMILES string of the molecule is C=C(Br)CNC1=NCCN1C.I. The van der Waals surface area contributed by atoms with E-state index in [1.807, 2.05) is 7.05 Å². The van der Waals surface area contributed by atoms with E-state index >= 15 is 0 Å². The second-order valence-corrected chi connectivity index (χ2v) is 3.62. The van der Waals surface area contributed by atoms with Gasteiger partial charge in [0.15, 0.2) is 5.96 Å². The molecule has 0 bridgehead atoms. The average molecular weight is 346 g/mol. The number of halogens is 2. The van der Waals surface area contributed by atoms with Crippen molar-refractivity contribution in [1.29, 1.82) is 0 Å². The second kappa shape index (κ2) is 5.80. The van der Waals surface area contributed by atoms with Crippen LogP contribution in [0.2, 0.25) is 0 Å². The Labute approximate surface area is 98.4 Å². The van der Waals surface area contributed by atoms with Crippen molar-refractivity contribution in [2.75, 3.05) is 26.7 Å². The van der Waals surface area contributed by atoms with Crippen LogP contribution in [-0.2, 0) is 0 Å². The van der Waals surface area contributed by atoms with Gasteiger partial charge in [0.1, 0.15) is 0 Å². The van der Waals surface area contributed by atoms with Crippen LogP contribution >= 0.6 is 39.9 Å². The van der Waals surface area contributed by atoms with E-state index in [9.17, 15) is 0 Å². The molecule has 1 heterocycles. The predicted octanol–water partition coefficient (Wildman–Crippen LogP) is 1.40. The van der Waals surface area contributed by atoms with Crippen molar-refractivity contribution < 1.29 is 0 Å². The molecule has 0 radical (unpaired) electrons. The first kappa shape index (κ1) is 12.2. The van der Waals surface area contributed by atoms with Crippen LogP contribution in [-0.4, -0.2) is 37.5 Å². The molecular weight excluding hydrogens is 333 g/mol. The van der Waals surface area contributed by atoms with Gasteiger partial charge in [-0.05, 0) is 0 Å². The zero-order chi connectivity index (χ0) is 8.27. The maximum Gasteiger partial charge on any atom is 0.194 e. The molecule has 1 aliphatic rings. The summed E-state index contributed by atoms with van der Waals surface area (Å²) in [6.45, 7) is 6.37. The Morgan fingerprint density at radius 1 is 1.83 bits per heavy atom. The molecule has 70 valence electrons. The van der Waals surface area contributed by atoms with Crippen molar-refractivity contribution in [3.63, 3.8) is 0 Å². The fourth-order valence-electron chi connectivity index (χ4n) is 0.898. The minimum atomic E-state index is 0. The third kappa shape index (κ3) is 3.75. The standard InChI is InChI=1S/C7H12BrN3.HI/c1-6(8)5-10-7-9-3-4-11(7)2;/h1,3-5H2,2H3,(H,9,10);1H. The third-order valence-electron chi connectivity index (χ3n) is 1.50. The number of hydrogen-bond acceptors (Lipinski definition) is 3. The van der Waals surface area contributed by atoms with Crippen molar-refractivity contribution in [1.82, 2.24) is 10.2 Å². The van der Waals surface area contributed by atoms with Gasteiger partial charge in [-0.2, -0.15) is 0 Å². The van der Waals surface area contributed by atoms with Gasteiger partial charge in [0.25, 0.3) is 0 Å². The molecule has 1 rings (SSSR count). The molecule has 5 heteroatoms. The van der Waals surface area contributed by atoms with Gasteiger partial charge in [-0.3, -0.25) is 4.99 Å². The predicted molar refractivity (Wildman–Crippen MR) is 66.4 cm³/mol. The lowest BCUT2D eigenvalue weighted by atomic mass is 10.6. The van der Waals surface area contributed by atoms with Crippen LogP contribution in [0.3, 0.4) is 0 Å². The summed E-state index contributed by atoms with van der Waals surface area (Å²) in [5.74, 6) is 0.964. The van der Waals surface area contributed by atoms with Gasteiger partial charge < -0.3 is 10.2 Å². The van der Waals surface area contributed by atoms with Crippen molar-refractivity contribution in [2.45, 2.75) is 0 Å². The van der Waals surface area contributed by atoms with Crippen molar-refractivity contribution in [3.05, 3.63) is 11.1 Å². The molecule has 0 aromatic carbocycles. The van der Waals surface area contributed by atoms with E-state index in [4.69, 9.17) is 0 Å². The molecule has 0 saturated carbocycles. The molecule has 0 spiro atoms. The van der Waals surface area contributed by atoms with E-state index in [-0.39, 0.29) is 24.0 Å². The van der Waals surface area contributed by atoms with Crippen LogP contribution in [0, 0.1) is 0 Å². The van der Waals surface area contributed by atoms with E-state index in [0.29, 0.717) is 0 Å². The Morgan fingerprint density at radius 2 is 2.50 bits per heavy atom. The first-order valence-corrected chi connectivity index (χ1v) is 4.32. The van der Waals surface area contributed by atoms with Gasteiger partial charge in [0, 0.05) is 24.6 Å². The van der Waals surface area contributed by atoms with Crippen molar-refractivity contribution >= 4 is 45.9 Å². The highest BCUT2D eigenvalue weighted by Crippen LogP contribution is 1.99. The van der Waals surface area contributed by atoms with Gasteiger partial charge in [0.05, 0.1) is 6.54 Å². The summed E-state index contributed by atoms with van der Waals surface area (Å²) >= 11 is 3.27. The smallest absolute Gasteiger partial charge is 0.194 e. The molecule has 1 aliphatic heterocycles. The number of rotatable bonds is 2. The van der Waals surface area contributed by atoms with Crippen LogP contribution in [0.5, 0.6) is 0 Å². The Hall–Kier alpha value is 0.220. The Kier molecular flexibility index (Phi) is 5.90. The summed E-state index contributed by atoms with van der Waals surface area (Å²) in [5.41, 5.74) is 0. The molecule has 0 aromatic heterocycles. The summed E-state index contributed by atoms with van der Waals surface area (Å²) in [6.07, 6.45) is 0. The molecule has 1 N–H and O–H groups in total. The topological polar surface area (TPSA) is 27.6 Å². The molecule has 0 atom stereocenters. The van der Waals surface area contributed by atoms with E-state index in [0.717, 1.165) is 30.1 Å². The maximum absolute atomic E-state index is 4.26. The Bertz CT molecular complexity index is 193. The molecule has 3 nitrogen and oxygen atoms in total. The first-order valence-electron chi connectivity index (χ1n) is 3.53. The van der Waals surface area contributed by atoms with Gasteiger partial charge in [-0.25, -0.2) is 0 Å². The molecule has 0 aliphatic carbocycles. The van der Waals surface area contributed by atoms with Gasteiger partial charge in [-0.1, -0.05) is 22.5 Å². The minimum absolute atomic E-state index is 0. The lowest BCUT2D eigenvalue weighted by Gasteiger charge is -2.14. The van der Waals surface area contributed by atoms with Crippen LogP contribution in [0.1, 0.15) is 0 Å². The first-order chi connectivity index (χ1) is 5.20. The van der Waals surface area contributed by atoms with Crippen LogP contribution in [0.25, 0.3) is 0 Å². The molecule has 0 fully saturated rings. The highest BCUT2D eigenvalue weighted by Gasteiger charge is 2.10. The molecule has 0 saturated heterocycles. The zero-order valence-corrected chi connectivity index (χ0v) is 10.9. The van der Waals surface area contributed by atoms with Gasteiger partial charge in [0.2, 0.25) is 0 Å². The molecule has 0 amide bonds. The minimum Gasteiger partial charge on any atom is -0.352 e. The summed E-state index contributed by atoms with van der Waals surface area (Å²) in [5, 5.41) is 3.16. The highest BCUT2D eigenvalue weighted by molar-refractivity contribution is 14.0. The van der Waals surface area contributed by atoms with E-state index in [1.165, 1.54) is 0 Å². The molecule has 0 aromatic rings. The maximum atomic E-state index is 4.26. The number of nitrogens with one attached hydrogen (secondary N) is 1. The largest absolute Gasteiger partial charge is 0.352 e. The third-order valence-corrected chi connectivity index (χ3v) is 1.78. The molecule has 0 unspecified atom stereocenters. The van der Waals surface area contributed by atoms with Gasteiger partial charge >= 0.3 is 0 Å². The Balaban J connectivity index is 0.00000121. The monoisotopic (exact) mass is 345 g/mol. The summed E-state index contributed by atoms with van der Waals surface area (Å²) < 4.78 is 0.945. The average Bonchev–Trinajstić information content (AvgIpc) is 2.31. The summed E-state index contributed by atoms with van der Waals surface area (Å²) in [4.78, 5) is 6.35. The summed E-state index contributed by atoms with van der Waals surface area (Å²) in [6, 6.07) is 0. The number of likely N-dealkylation sites (N-methyl/N-ethyl adjacent to an activating group) is 1. The van der Waals surface area contributed by atoms with Crippen LogP contribution in [0.4, 0.5) is 0 Å². The van der Waals surface area contributed by atoms with E-state index < -0.39 is 0 Å². The fraction of sp³-hybridized carbons (Fsp3) is 0.571. The lowest BCUT2D eigenvalue weighted by molar-refractivity contribution is 0.538. The van der Waals surface area contributed by atoms with Crippen LogP contribution < -0.4 is 5.32 Å². The normalized spacial score (nSPS) is 15.2. The number of hydrogen-bond donors (Lipinski definition) is 1. The fourth-order valence-corrected chi connectivity index (χ4v) is 1.04.